The lowest BCUT2D eigenvalue weighted by Crippen LogP contribution is -2.22. The molecule has 0 saturated carbocycles. The number of rotatable bonds is 15. The van der Waals surface area contributed by atoms with Crippen LogP contribution in [0.15, 0.2) is 11.6 Å². The molecule has 0 heterocycles. The number of hydrogen-bond acceptors (Lipinski definition) is 4. The van der Waals surface area contributed by atoms with Gasteiger partial charge in [-0.25, -0.2) is 0 Å². The third-order valence-corrected chi connectivity index (χ3v) is 3.57. The Morgan fingerprint density at radius 3 is 2.33 bits per heavy atom. The van der Waals surface area contributed by atoms with Crippen molar-refractivity contribution in [2.24, 2.45) is 0 Å². The largest absolute Gasteiger partial charge is 0.379 e. The minimum atomic E-state index is 0.657. The van der Waals surface area contributed by atoms with Crippen molar-refractivity contribution in [3.05, 3.63) is 11.6 Å². The zero-order chi connectivity index (χ0) is 15.0. The van der Waals surface area contributed by atoms with Crippen LogP contribution in [0.25, 0.3) is 0 Å². The van der Waals surface area contributed by atoms with Crippen molar-refractivity contribution < 1.29 is 14.2 Å². The molecule has 0 aromatic heterocycles. The second kappa shape index (κ2) is 14.5. The maximum Gasteiger partial charge on any atom is 0.0701 e. The highest BCUT2D eigenvalue weighted by Crippen LogP contribution is 2.19. The maximum atomic E-state index is 5.51. The van der Waals surface area contributed by atoms with Gasteiger partial charge in [-0.2, -0.15) is 0 Å². The molecule has 0 aliphatic heterocycles. The Labute approximate surface area is 130 Å². The van der Waals surface area contributed by atoms with Crippen LogP contribution < -0.4 is 5.32 Å². The monoisotopic (exact) mass is 299 g/mol. The molecule has 0 aromatic rings. The van der Waals surface area contributed by atoms with Crippen molar-refractivity contribution in [2.75, 3.05) is 52.7 Å². The van der Waals surface area contributed by atoms with Crippen LogP contribution in [0.3, 0.4) is 0 Å². The van der Waals surface area contributed by atoms with E-state index in [9.17, 15) is 0 Å². The Morgan fingerprint density at radius 2 is 1.67 bits per heavy atom. The number of unbranched alkanes of at least 4 members (excludes halogenated alkanes) is 1. The Hall–Kier alpha value is -0.420. The predicted molar refractivity (Wildman–Crippen MR) is 86.8 cm³/mol. The fourth-order valence-electron chi connectivity index (χ4n) is 2.27. The van der Waals surface area contributed by atoms with E-state index in [2.05, 4.69) is 18.3 Å². The van der Waals surface area contributed by atoms with Crippen molar-refractivity contribution in [2.45, 2.75) is 45.4 Å². The van der Waals surface area contributed by atoms with Gasteiger partial charge in [0.15, 0.2) is 0 Å². The molecule has 0 aromatic carbocycles. The van der Waals surface area contributed by atoms with Crippen LogP contribution in [0.5, 0.6) is 0 Å². The van der Waals surface area contributed by atoms with Gasteiger partial charge in [0.25, 0.3) is 0 Å². The molecule has 0 atom stereocenters. The van der Waals surface area contributed by atoms with Crippen LogP contribution >= 0.6 is 0 Å². The molecule has 21 heavy (non-hydrogen) atoms. The first-order valence-electron chi connectivity index (χ1n) is 8.55. The van der Waals surface area contributed by atoms with E-state index in [1.807, 2.05) is 0 Å². The lowest BCUT2D eigenvalue weighted by molar-refractivity contribution is 0.0147. The van der Waals surface area contributed by atoms with Gasteiger partial charge in [-0.3, -0.25) is 0 Å². The van der Waals surface area contributed by atoms with Crippen LogP contribution in [0.2, 0.25) is 0 Å². The lowest BCUT2D eigenvalue weighted by Gasteiger charge is -2.08. The molecule has 1 aliphatic carbocycles. The van der Waals surface area contributed by atoms with Crippen molar-refractivity contribution in [1.82, 2.24) is 5.32 Å². The Kier molecular flexibility index (Phi) is 12.9. The molecular formula is C17H33NO3. The van der Waals surface area contributed by atoms with Gasteiger partial charge in [0.1, 0.15) is 0 Å². The molecule has 0 spiro atoms. The summed E-state index contributed by atoms with van der Waals surface area (Å²) in [6.45, 7) is 8.45. The Morgan fingerprint density at radius 1 is 0.952 bits per heavy atom. The van der Waals surface area contributed by atoms with E-state index in [1.54, 1.807) is 5.57 Å². The second-order valence-electron chi connectivity index (χ2n) is 5.45. The standard InChI is InChI=1S/C17H33NO3/c1-2-3-11-19-13-15-21-16-14-20-12-10-18-9-8-17-6-4-5-7-17/h6,18H,2-5,7-16H2,1H3. The zero-order valence-corrected chi connectivity index (χ0v) is 13.7. The van der Waals surface area contributed by atoms with Crippen LogP contribution in [-0.2, 0) is 14.2 Å². The lowest BCUT2D eigenvalue weighted by atomic mass is 10.2. The van der Waals surface area contributed by atoms with Crippen LogP contribution in [-0.4, -0.2) is 52.7 Å². The van der Waals surface area contributed by atoms with Gasteiger partial charge < -0.3 is 19.5 Å². The van der Waals surface area contributed by atoms with E-state index in [4.69, 9.17) is 14.2 Å². The summed E-state index contributed by atoms with van der Waals surface area (Å²) in [6.07, 6.45) is 9.83. The fourth-order valence-corrected chi connectivity index (χ4v) is 2.27. The summed E-state index contributed by atoms with van der Waals surface area (Å²) in [6, 6.07) is 0. The van der Waals surface area contributed by atoms with Gasteiger partial charge in [0.05, 0.1) is 33.0 Å². The van der Waals surface area contributed by atoms with Crippen LogP contribution in [0.1, 0.15) is 45.4 Å². The van der Waals surface area contributed by atoms with Gasteiger partial charge in [-0.05, 0) is 38.6 Å². The minimum absolute atomic E-state index is 0.657. The Balaban J connectivity index is 1.67. The number of nitrogens with one attached hydrogen (secondary N) is 1. The van der Waals surface area contributed by atoms with Crippen LogP contribution in [0.4, 0.5) is 0 Å². The third-order valence-electron chi connectivity index (χ3n) is 3.57. The highest BCUT2D eigenvalue weighted by molar-refractivity contribution is 5.07. The summed E-state index contributed by atoms with van der Waals surface area (Å²) < 4.78 is 16.3. The third kappa shape index (κ3) is 11.9. The highest BCUT2D eigenvalue weighted by Gasteiger charge is 2.02. The van der Waals surface area contributed by atoms with Crippen molar-refractivity contribution in [1.29, 1.82) is 0 Å². The van der Waals surface area contributed by atoms with E-state index < -0.39 is 0 Å². The zero-order valence-electron chi connectivity index (χ0n) is 13.7. The average molecular weight is 299 g/mol. The maximum absolute atomic E-state index is 5.51. The van der Waals surface area contributed by atoms with Crippen molar-refractivity contribution >= 4 is 0 Å². The van der Waals surface area contributed by atoms with Crippen molar-refractivity contribution in [3.63, 3.8) is 0 Å². The van der Waals surface area contributed by atoms with Gasteiger partial charge >= 0.3 is 0 Å². The van der Waals surface area contributed by atoms with Gasteiger partial charge in [-0.1, -0.05) is 25.0 Å². The molecule has 0 saturated heterocycles. The topological polar surface area (TPSA) is 39.7 Å². The molecule has 1 aliphatic rings. The molecule has 124 valence electrons. The van der Waals surface area contributed by atoms with Crippen LogP contribution in [0, 0.1) is 0 Å². The summed E-state index contributed by atoms with van der Waals surface area (Å²) in [4.78, 5) is 0. The van der Waals surface area contributed by atoms with Crippen molar-refractivity contribution in [3.8, 4) is 0 Å². The number of ether oxygens (including phenoxy) is 3. The summed E-state index contributed by atoms with van der Waals surface area (Å²) in [7, 11) is 0. The van der Waals surface area contributed by atoms with Gasteiger partial charge in [0, 0.05) is 13.2 Å². The van der Waals surface area contributed by atoms with E-state index in [0.717, 1.165) is 32.7 Å². The summed E-state index contributed by atoms with van der Waals surface area (Å²) in [5.74, 6) is 0. The second-order valence-corrected chi connectivity index (χ2v) is 5.45. The van der Waals surface area contributed by atoms with E-state index >= 15 is 0 Å². The molecule has 4 heteroatoms. The molecule has 1 rings (SSSR count). The molecule has 4 nitrogen and oxygen atoms in total. The molecule has 0 fully saturated rings. The Bertz CT molecular complexity index is 256. The quantitative estimate of drug-likeness (QED) is 0.373. The fraction of sp³-hybridized carbons (Fsp3) is 0.882. The summed E-state index contributed by atoms with van der Waals surface area (Å²) in [5.41, 5.74) is 1.62. The summed E-state index contributed by atoms with van der Waals surface area (Å²) in [5, 5.41) is 3.42. The predicted octanol–water partition coefficient (Wildman–Crippen LogP) is 2.93. The number of allylic oxidation sites excluding steroid dienone is 1. The van der Waals surface area contributed by atoms with E-state index in [0.29, 0.717) is 26.4 Å². The minimum Gasteiger partial charge on any atom is -0.379 e. The first-order valence-corrected chi connectivity index (χ1v) is 8.55. The molecule has 0 bridgehead atoms. The molecule has 0 radical (unpaired) electrons. The average Bonchev–Trinajstić information content (AvgIpc) is 3.01. The number of hydrogen-bond donors (Lipinski definition) is 1. The van der Waals surface area contributed by atoms with E-state index in [1.165, 1.54) is 32.1 Å². The molecule has 0 unspecified atom stereocenters. The first-order chi connectivity index (χ1) is 10.4. The van der Waals surface area contributed by atoms with Gasteiger partial charge in [0.2, 0.25) is 0 Å². The molecule has 0 amide bonds. The molecule has 1 N–H and O–H groups in total. The van der Waals surface area contributed by atoms with E-state index in [-0.39, 0.29) is 0 Å². The highest BCUT2D eigenvalue weighted by atomic mass is 16.5. The molecular weight excluding hydrogens is 266 g/mol. The SMILES string of the molecule is CCCCOCCOCCOCCNCCC1=CCCC1. The normalized spacial score (nSPS) is 14.6. The first kappa shape index (κ1) is 18.6. The van der Waals surface area contributed by atoms with Gasteiger partial charge in [-0.15, -0.1) is 0 Å². The summed E-state index contributed by atoms with van der Waals surface area (Å²) >= 11 is 0. The smallest absolute Gasteiger partial charge is 0.0701 e.